The third kappa shape index (κ3) is 4.37. The summed E-state index contributed by atoms with van der Waals surface area (Å²) in [6.45, 7) is 6.53. The molecule has 2 aromatic rings. The fraction of sp³-hybridized carbons (Fsp3) is 0.400. The first-order valence-corrected chi connectivity index (χ1v) is 8.91. The van der Waals surface area contributed by atoms with Crippen LogP contribution in [0, 0.1) is 0 Å². The number of rotatable bonds is 5. The summed E-state index contributed by atoms with van der Waals surface area (Å²) in [5, 5.41) is 4.98. The van der Waals surface area contributed by atoms with Gasteiger partial charge in [0.25, 0.3) is 0 Å². The van der Waals surface area contributed by atoms with Crippen molar-refractivity contribution in [3.05, 3.63) is 48.0 Å². The van der Waals surface area contributed by atoms with E-state index in [4.69, 9.17) is 0 Å². The number of amides is 2. The smallest absolute Gasteiger partial charge is 0.242 e. The van der Waals surface area contributed by atoms with Crippen molar-refractivity contribution >= 4 is 22.6 Å². The molecule has 2 aromatic carbocycles. The molecule has 0 aliphatic carbocycles. The van der Waals surface area contributed by atoms with E-state index < -0.39 is 0 Å². The molecule has 1 N–H and O–H groups in total. The van der Waals surface area contributed by atoms with Crippen LogP contribution in [0.5, 0.6) is 0 Å². The van der Waals surface area contributed by atoms with Gasteiger partial charge in [-0.05, 0) is 22.9 Å². The lowest BCUT2D eigenvalue weighted by Gasteiger charge is -2.34. The molecule has 0 saturated carbocycles. The number of hydrogen-bond acceptors (Lipinski definition) is 3. The highest BCUT2D eigenvalue weighted by atomic mass is 16.2. The standard InChI is InChI=1S/C20H25N3O2/c1-2-22-10-12-23(13-11-22)20(25)15-21-19(24)14-17-8-5-7-16-6-3-4-9-18(16)17/h3-9H,2,10-15H2,1H3,(H,21,24). The number of fused-ring (bicyclic) bond motifs is 1. The average molecular weight is 339 g/mol. The summed E-state index contributed by atoms with van der Waals surface area (Å²) in [6.07, 6.45) is 0.290. The first-order valence-electron chi connectivity index (χ1n) is 8.91. The predicted molar refractivity (Wildman–Crippen MR) is 99.4 cm³/mol. The molecule has 0 unspecified atom stereocenters. The van der Waals surface area contributed by atoms with Crippen molar-refractivity contribution in [3.63, 3.8) is 0 Å². The molecule has 1 aliphatic rings. The van der Waals surface area contributed by atoms with Crippen LogP contribution in [0.4, 0.5) is 0 Å². The number of piperazine rings is 1. The zero-order valence-corrected chi connectivity index (χ0v) is 14.7. The Balaban J connectivity index is 1.52. The van der Waals surface area contributed by atoms with Gasteiger partial charge in [-0.1, -0.05) is 49.4 Å². The molecule has 0 bridgehead atoms. The van der Waals surface area contributed by atoms with Gasteiger partial charge in [-0.25, -0.2) is 0 Å². The van der Waals surface area contributed by atoms with Gasteiger partial charge in [-0.2, -0.15) is 0 Å². The number of carbonyl (C=O) groups excluding carboxylic acids is 2. The summed E-state index contributed by atoms with van der Waals surface area (Å²) in [6, 6.07) is 14.0. The summed E-state index contributed by atoms with van der Waals surface area (Å²) in [5.41, 5.74) is 0.986. The van der Waals surface area contributed by atoms with Crippen LogP contribution in [0.3, 0.4) is 0 Å². The maximum absolute atomic E-state index is 12.3. The minimum atomic E-state index is -0.114. The van der Waals surface area contributed by atoms with E-state index in [1.54, 1.807) is 0 Å². The van der Waals surface area contributed by atoms with E-state index in [-0.39, 0.29) is 24.8 Å². The SMILES string of the molecule is CCN1CCN(C(=O)CNC(=O)Cc2cccc3ccccc23)CC1. The fourth-order valence-electron chi connectivity index (χ4n) is 3.28. The van der Waals surface area contributed by atoms with Crippen molar-refractivity contribution in [3.8, 4) is 0 Å². The van der Waals surface area contributed by atoms with Gasteiger partial charge >= 0.3 is 0 Å². The Bertz CT molecular complexity index is 746. The average Bonchev–Trinajstić information content (AvgIpc) is 2.66. The molecule has 1 saturated heterocycles. The molecule has 1 aliphatic heterocycles. The van der Waals surface area contributed by atoms with Crippen molar-refractivity contribution in [1.82, 2.24) is 15.1 Å². The Kier molecular flexibility index (Phi) is 5.66. The van der Waals surface area contributed by atoms with Crippen LogP contribution in [-0.2, 0) is 16.0 Å². The van der Waals surface area contributed by atoms with Gasteiger partial charge in [0.15, 0.2) is 0 Å². The van der Waals surface area contributed by atoms with Crippen LogP contribution in [0.15, 0.2) is 42.5 Å². The van der Waals surface area contributed by atoms with E-state index in [2.05, 4.69) is 17.1 Å². The van der Waals surface area contributed by atoms with E-state index in [1.165, 1.54) is 0 Å². The highest BCUT2D eigenvalue weighted by molar-refractivity contribution is 5.91. The van der Waals surface area contributed by atoms with Gasteiger partial charge in [0, 0.05) is 26.2 Å². The second kappa shape index (κ2) is 8.12. The molecule has 132 valence electrons. The minimum absolute atomic E-state index is 0.00187. The lowest BCUT2D eigenvalue weighted by Crippen LogP contribution is -2.51. The van der Waals surface area contributed by atoms with E-state index in [9.17, 15) is 9.59 Å². The maximum atomic E-state index is 12.3. The summed E-state index contributed by atoms with van der Waals surface area (Å²) in [4.78, 5) is 28.7. The lowest BCUT2D eigenvalue weighted by molar-refractivity contribution is -0.134. The molecule has 0 aromatic heterocycles. The first-order chi connectivity index (χ1) is 12.2. The van der Waals surface area contributed by atoms with E-state index >= 15 is 0 Å². The summed E-state index contributed by atoms with van der Waals surface area (Å²) >= 11 is 0. The molecule has 1 heterocycles. The number of likely N-dealkylation sites (N-methyl/N-ethyl adjacent to an activating group) is 1. The Hall–Kier alpha value is -2.40. The summed E-state index contributed by atoms with van der Waals surface area (Å²) < 4.78 is 0. The highest BCUT2D eigenvalue weighted by Crippen LogP contribution is 2.18. The zero-order chi connectivity index (χ0) is 17.6. The predicted octanol–water partition coefficient (Wildman–Crippen LogP) is 1.66. The molecule has 0 atom stereocenters. The Labute approximate surface area is 148 Å². The molecule has 1 fully saturated rings. The summed E-state index contributed by atoms with van der Waals surface area (Å²) in [7, 11) is 0. The normalized spacial score (nSPS) is 15.3. The number of benzene rings is 2. The molecule has 0 spiro atoms. The number of hydrogen-bond donors (Lipinski definition) is 1. The van der Waals surface area contributed by atoms with Crippen molar-refractivity contribution in [1.29, 1.82) is 0 Å². The summed E-state index contributed by atoms with van der Waals surface area (Å²) in [5.74, 6) is -0.112. The van der Waals surface area contributed by atoms with Gasteiger partial charge in [0.2, 0.25) is 11.8 Å². The monoisotopic (exact) mass is 339 g/mol. The van der Waals surface area contributed by atoms with Gasteiger partial charge in [0.05, 0.1) is 13.0 Å². The Morgan fingerprint density at radius 2 is 1.72 bits per heavy atom. The fourth-order valence-corrected chi connectivity index (χ4v) is 3.28. The molecule has 3 rings (SSSR count). The molecule has 0 radical (unpaired) electrons. The van der Waals surface area contributed by atoms with E-state index in [0.717, 1.165) is 49.1 Å². The van der Waals surface area contributed by atoms with Gasteiger partial charge in [-0.3, -0.25) is 9.59 Å². The Morgan fingerprint density at radius 1 is 1.00 bits per heavy atom. The number of carbonyl (C=O) groups is 2. The molecule has 25 heavy (non-hydrogen) atoms. The van der Waals surface area contributed by atoms with Crippen molar-refractivity contribution in [2.24, 2.45) is 0 Å². The molecular weight excluding hydrogens is 314 g/mol. The topological polar surface area (TPSA) is 52.6 Å². The number of nitrogens with one attached hydrogen (secondary N) is 1. The third-order valence-corrected chi connectivity index (χ3v) is 4.84. The van der Waals surface area contributed by atoms with Crippen LogP contribution in [-0.4, -0.2) is 60.9 Å². The first kappa shape index (κ1) is 17.4. The van der Waals surface area contributed by atoms with Crippen LogP contribution in [0.25, 0.3) is 10.8 Å². The van der Waals surface area contributed by atoms with Gasteiger partial charge in [0.1, 0.15) is 0 Å². The second-order valence-corrected chi connectivity index (χ2v) is 6.41. The van der Waals surface area contributed by atoms with Crippen molar-refractivity contribution in [2.75, 3.05) is 39.3 Å². The van der Waals surface area contributed by atoms with Crippen molar-refractivity contribution in [2.45, 2.75) is 13.3 Å². The minimum Gasteiger partial charge on any atom is -0.347 e. The molecule has 5 nitrogen and oxygen atoms in total. The molecule has 5 heteroatoms. The van der Waals surface area contributed by atoms with Gasteiger partial charge in [-0.15, -0.1) is 0 Å². The van der Waals surface area contributed by atoms with E-state index in [1.807, 2.05) is 47.4 Å². The van der Waals surface area contributed by atoms with Crippen LogP contribution >= 0.6 is 0 Å². The van der Waals surface area contributed by atoms with Crippen molar-refractivity contribution < 1.29 is 9.59 Å². The number of nitrogens with zero attached hydrogens (tertiary/aromatic N) is 2. The maximum Gasteiger partial charge on any atom is 0.242 e. The van der Waals surface area contributed by atoms with Crippen LogP contribution < -0.4 is 5.32 Å². The van der Waals surface area contributed by atoms with Gasteiger partial charge < -0.3 is 15.1 Å². The third-order valence-electron chi connectivity index (χ3n) is 4.84. The molecular formula is C20H25N3O2. The van der Waals surface area contributed by atoms with Crippen LogP contribution in [0.1, 0.15) is 12.5 Å². The highest BCUT2D eigenvalue weighted by Gasteiger charge is 2.20. The van der Waals surface area contributed by atoms with Crippen LogP contribution in [0.2, 0.25) is 0 Å². The lowest BCUT2D eigenvalue weighted by atomic mass is 10.0. The Morgan fingerprint density at radius 3 is 2.48 bits per heavy atom. The second-order valence-electron chi connectivity index (χ2n) is 6.41. The molecule has 2 amide bonds. The van der Waals surface area contributed by atoms with E-state index in [0.29, 0.717) is 0 Å². The largest absolute Gasteiger partial charge is 0.347 e. The zero-order valence-electron chi connectivity index (χ0n) is 14.7. The quantitative estimate of drug-likeness (QED) is 0.901.